The topological polar surface area (TPSA) is 64.4 Å². The number of nitrogens with one attached hydrogen (secondary N) is 1. The first-order chi connectivity index (χ1) is 10.6. The molecule has 5 nitrogen and oxygen atoms in total. The van der Waals surface area contributed by atoms with Crippen molar-refractivity contribution >= 4 is 17.3 Å². The molecule has 2 aromatic rings. The second-order valence-electron chi connectivity index (χ2n) is 4.89. The number of benzene rings is 2. The van der Waals surface area contributed by atoms with Gasteiger partial charge in [-0.2, -0.15) is 0 Å². The molecule has 0 saturated carbocycles. The van der Waals surface area contributed by atoms with Crippen LogP contribution in [0.5, 0.6) is 0 Å². The third-order valence-corrected chi connectivity index (χ3v) is 3.56. The molecular formula is C16H17ClN2O3. The van der Waals surface area contributed by atoms with Crippen LogP contribution < -0.4 is 5.32 Å². The SMILES string of the molecule is COCc1cccc(CNCc2cc([N+](=O)[O-])ccc2Cl)c1. The van der Waals surface area contributed by atoms with E-state index in [-0.39, 0.29) is 5.69 Å². The fraction of sp³-hybridized carbons (Fsp3) is 0.250. The molecule has 1 N–H and O–H groups in total. The van der Waals surface area contributed by atoms with E-state index in [0.29, 0.717) is 30.3 Å². The van der Waals surface area contributed by atoms with E-state index in [1.54, 1.807) is 13.2 Å². The lowest BCUT2D eigenvalue weighted by Crippen LogP contribution is -2.13. The van der Waals surface area contributed by atoms with Crippen LogP contribution in [0.4, 0.5) is 5.69 Å². The molecule has 0 fully saturated rings. The summed E-state index contributed by atoms with van der Waals surface area (Å²) in [5, 5.41) is 14.6. The minimum Gasteiger partial charge on any atom is -0.380 e. The molecule has 2 rings (SSSR count). The van der Waals surface area contributed by atoms with E-state index in [4.69, 9.17) is 16.3 Å². The number of non-ortho nitro benzene ring substituents is 1. The predicted octanol–water partition coefficient (Wildman–Crippen LogP) is 3.68. The quantitative estimate of drug-likeness (QED) is 0.624. The molecule has 2 aromatic carbocycles. The molecule has 0 aliphatic carbocycles. The highest BCUT2D eigenvalue weighted by molar-refractivity contribution is 6.31. The fourth-order valence-electron chi connectivity index (χ4n) is 2.15. The molecule has 0 unspecified atom stereocenters. The molecule has 0 bridgehead atoms. The molecule has 0 aliphatic heterocycles. The van der Waals surface area contributed by atoms with E-state index >= 15 is 0 Å². The van der Waals surface area contributed by atoms with Crippen LogP contribution in [0, 0.1) is 10.1 Å². The summed E-state index contributed by atoms with van der Waals surface area (Å²) in [6.07, 6.45) is 0. The van der Waals surface area contributed by atoms with E-state index in [9.17, 15) is 10.1 Å². The largest absolute Gasteiger partial charge is 0.380 e. The zero-order valence-electron chi connectivity index (χ0n) is 12.2. The van der Waals surface area contributed by atoms with Crippen molar-refractivity contribution in [3.63, 3.8) is 0 Å². The van der Waals surface area contributed by atoms with Crippen molar-refractivity contribution in [2.24, 2.45) is 0 Å². The first-order valence-electron chi connectivity index (χ1n) is 6.80. The minimum atomic E-state index is -0.423. The van der Waals surface area contributed by atoms with Crippen LogP contribution in [0.2, 0.25) is 5.02 Å². The van der Waals surface area contributed by atoms with E-state index < -0.39 is 4.92 Å². The number of ether oxygens (including phenoxy) is 1. The Morgan fingerprint density at radius 3 is 2.68 bits per heavy atom. The van der Waals surface area contributed by atoms with Crippen LogP contribution in [0.15, 0.2) is 42.5 Å². The fourth-order valence-corrected chi connectivity index (χ4v) is 2.33. The van der Waals surface area contributed by atoms with Gasteiger partial charge in [-0.05, 0) is 22.8 Å². The maximum Gasteiger partial charge on any atom is 0.269 e. The van der Waals surface area contributed by atoms with Crippen molar-refractivity contribution < 1.29 is 9.66 Å². The molecule has 0 amide bonds. The van der Waals surface area contributed by atoms with Crippen molar-refractivity contribution in [2.45, 2.75) is 19.7 Å². The van der Waals surface area contributed by atoms with Crippen LogP contribution in [-0.4, -0.2) is 12.0 Å². The molecule has 0 aliphatic rings. The normalized spacial score (nSPS) is 10.6. The molecule has 0 radical (unpaired) electrons. The molecule has 116 valence electrons. The van der Waals surface area contributed by atoms with E-state index in [1.807, 2.05) is 18.2 Å². The van der Waals surface area contributed by atoms with Gasteiger partial charge < -0.3 is 10.1 Å². The maximum atomic E-state index is 10.8. The van der Waals surface area contributed by atoms with Crippen LogP contribution in [-0.2, 0) is 24.4 Å². The maximum absolute atomic E-state index is 10.8. The Morgan fingerprint density at radius 2 is 1.95 bits per heavy atom. The van der Waals surface area contributed by atoms with Crippen molar-refractivity contribution in [3.8, 4) is 0 Å². The standard InChI is InChI=1S/C16H17ClN2O3/c1-22-11-13-4-2-3-12(7-13)9-18-10-14-8-15(19(20)21)5-6-16(14)17/h2-8,18H,9-11H2,1H3. The van der Waals surface area contributed by atoms with Gasteiger partial charge in [-0.1, -0.05) is 35.9 Å². The number of nitrogens with zero attached hydrogens (tertiary/aromatic N) is 1. The molecule has 0 aromatic heterocycles. The van der Waals surface area contributed by atoms with Crippen LogP contribution in [0.3, 0.4) is 0 Å². The summed E-state index contributed by atoms with van der Waals surface area (Å²) in [7, 11) is 1.66. The Hall–Kier alpha value is -1.95. The Kier molecular flexibility index (Phi) is 5.89. The van der Waals surface area contributed by atoms with E-state index in [0.717, 1.165) is 11.1 Å². The summed E-state index contributed by atoms with van der Waals surface area (Å²) in [5.41, 5.74) is 2.98. The second-order valence-corrected chi connectivity index (χ2v) is 5.30. The summed E-state index contributed by atoms with van der Waals surface area (Å²) in [5.74, 6) is 0. The summed E-state index contributed by atoms with van der Waals surface area (Å²) >= 11 is 6.07. The zero-order chi connectivity index (χ0) is 15.9. The van der Waals surface area contributed by atoms with Gasteiger partial charge in [-0.15, -0.1) is 0 Å². The van der Waals surface area contributed by atoms with Crippen molar-refractivity contribution in [2.75, 3.05) is 7.11 Å². The van der Waals surface area contributed by atoms with Gasteiger partial charge >= 0.3 is 0 Å². The molecule has 0 spiro atoms. The van der Waals surface area contributed by atoms with Gasteiger partial charge in [-0.3, -0.25) is 10.1 Å². The van der Waals surface area contributed by atoms with Gasteiger partial charge in [-0.25, -0.2) is 0 Å². The van der Waals surface area contributed by atoms with Gasteiger partial charge in [0, 0.05) is 37.4 Å². The van der Waals surface area contributed by atoms with Crippen LogP contribution in [0.25, 0.3) is 0 Å². The zero-order valence-corrected chi connectivity index (χ0v) is 13.0. The highest BCUT2D eigenvalue weighted by atomic mass is 35.5. The summed E-state index contributed by atoms with van der Waals surface area (Å²) in [6.45, 7) is 1.69. The summed E-state index contributed by atoms with van der Waals surface area (Å²) in [6, 6.07) is 12.5. The molecular weight excluding hydrogens is 304 g/mol. The number of methoxy groups -OCH3 is 1. The lowest BCUT2D eigenvalue weighted by atomic mass is 10.1. The van der Waals surface area contributed by atoms with Gasteiger partial charge in [0.2, 0.25) is 0 Å². The van der Waals surface area contributed by atoms with E-state index in [2.05, 4.69) is 11.4 Å². The summed E-state index contributed by atoms with van der Waals surface area (Å²) in [4.78, 5) is 10.4. The Balaban J connectivity index is 1.97. The molecule has 6 heteroatoms. The molecule has 0 heterocycles. The number of rotatable bonds is 7. The second kappa shape index (κ2) is 7.89. The predicted molar refractivity (Wildman–Crippen MR) is 85.8 cm³/mol. The van der Waals surface area contributed by atoms with Gasteiger partial charge in [0.15, 0.2) is 0 Å². The van der Waals surface area contributed by atoms with Crippen LogP contribution in [0.1, 0.15) is 16.7 Å². The first-order valence-corrected chi connectivity index (χ1v) is 7.18. The van der Waals surface area contributed by atoms with Crippen molar-refractivity contribution in [1.29, 1.82) is 0 Å². The monoisotopic (exact) mass is 320 g/mol. The third-order valence-electron chi connectivity index (χ3n) is 3.19. The highest BCUT2D eigenvalue weighted by Crippen LogP contribution is 2.22. The molecule has 22 heavy (non-hydrogen) atoms. The van der Waals surface area contributed by atoms with Gasteiger partial charge in [0.05, 0.1) is 11.5 Å². The Morgan fingerprint density at radius 1 is 1.18 bits per heavy atom. The lowest BCUT2D eigenvalue weighted by molar-refractivity contribution is -0.384. The smallest absolute Gasteiger partial charge is 0.269 e. The average Bonchev–Trinajstić information content (AvgIpc) is 2.49. The minimum absolute atomic E-state index is 0.0447. The van der Waals surface area contributed by atoms with Crippen LogP contribution >= 0.6 is 11.6 Å². The highest BCUT2D eigenvalue weighted by Gasteiger charge is 2.09. The number of nitro groups is 1. The van der Waals surface area contributed by atoms with Gasteiger partial charge in [0.1, 0.15) is 0 Å². The number of hydrogen-bond acceptors (Lipinski definition) is 4. The third kappa shape index (κ3) is 4.53. The number of halogens is 1. The average molecular weight is 321 g/mol. The Bertz CT molecular complexity index is 662. The Labute approximate surface area is 134 Å². The summed E-state index contributed by atoms with van der Waals surface area (Å²) < 4.78 is 5.11. The van der Waals surface area contributed by atoms with E-state index in [1.165, 1.54) is 12.1 Å². The lowest BCUT2D eigenvalue weighted by Gasteiger charge is -2.08. The van der Waals surface area contributed by atoms with Crippen molar-refractivity contribution in [1.82, 2.24) is 5.32 Å². The first kappa shape index (κ1) is 16.4. The van der Waals surface area contributed by atoms with Crippen molar-refractivity contribution in [3.05, 3.63) is 74.3 Å². The molecule has 0 saturated heterocycles. The van der Waals surface area contributed by atoms with Gasteiger partial charge in [0.25, 0.3) is 5.69 Å². The molecule has 0 atom stereocenters. The number of hydrogen-bond donors (Lipinski definition) is 1. The number of nitro benzene ring substituents is 1.